The monoisotopic (exact) mass is 196 g/mol. The molecule has 0 aromatic heterocycles. The predicted octanol–water partition coefficient (Wildman–Crippen LogP) is -4.50. The van der Waals surface area contributed by atoms with Crippen LogP contribution in [0, 0.1) is 12.1 Å². The SMILES string of the molecule is CC(=O)c1[c-]cc[c-]c1.[K+].[K+]. The van der Waals surface area contributed by atoms with Crippen molar-refractivity contribution in [1.29, 1.82) is 0 Å². The Morgan fingerprint density at radius 1 is 1.36 bits per heavy atom. The van der Waals surface area contributed by atoms with E-state index in [1.807, 2.05) is 0 Å². The van der Waals surface area contributed by atoms with E-state index in [-0.39, 0.29) is 109 Å². The van der Waals surface area contributed by atoms with Gasteiger partial charge in [-0.05, 0) is 6.92 Å². The van der Waals surface area contributed by atoms with Crippen LogP contribution in [0.5, 0.6) is 0 Å². The minimum absolute atomic E-state index is 0. The molecule has 0 spiro atoms. The Kier molecular flexibility index (Phi) is 12.4. The molecule has 46 valence electrons. The molecular weight excluding hydrogens is 190 g/mol. The summed E-state index contributed by atoms with van der Waals surface area (Å²) in [7, 11) is 0. The molecule has 0 atom stereocenters. The molecule has 0 saturated heterocycles. The van der Waals surface area contributed by atoms with Gasteiger partial charge in [0, 0.05) is 5.78 Å². The van der Waals surface area contributed by atoms with Crippen molar-refractivity contribution in [2.24, 2.45) is 0 Å². The van der Waals surface area contributed by atoms with Crippen molar-refractivity contribution in [2.75, 3.05) is 0 Å². The van der Waals surface area contributed by atoms with Crippen LogP contribution in [0.15, 0.2) is 18.2 Å². The summed E-state index contributed by atoms with van der Waals surface area (Å²) < 4.78 is 0. The molecule has 0 heterocycles. The average molecular weight is 196 g/mol. The molecule has 0 unspecified atom stereocenters. The Morgan fingerprint density at radius 2 is 2.00 bits per heavy atom. The summed E-state index contributed by atoms with van der Waals surface area (Å²) in [4.78, 5) is 10.6. The molecule has 0 radical (unpaired) electrons. The molecule has 11 heavy (non-hydrogen) atoms. The van der Waals surface area contributed by atoms with Gasteiger partial charge in [0.2, 0.25) is 0 Å². The Morgan fingerprint density at radius 3 is 2.27 bits per heavy atom. The molecule has 0 saturated carbocycles. The molecule has 0 bridgehead atoms. The molecule has 1 nitrogen and oxygen atoms in total. The third kappa shape index (κ3) is 6.26. The van der Waals surface area contributed by atoms with Crippen LogP contribution in [-0.2, 0) is 0 Å². The minimum atomic E-state index is 0. The second-order valence-electron chi connectivity index (χ2n) is 1.76. The van der Waals surface area contributed by atoms with E-state index < -0.39 is 0 Å². The van der Waals surface area contributed by atoms with Crippen molar-refractivity contribution in [3.63, 3.8) is 0 Å². The van der Waals surface area contributed by atoms with Crippen molar-refractivity contribution in [2.45, 2.75) is 6.92 Å². The molecule has 1 rings (SSSR count). The molecule has 0 fully saturated rings. The summed E-state index contributed by atoms with van der Waals surface area (Å²) >= 11 is 0. The first-order valence-electron chi connectivity index (χ1n) is 2.69. The molecule has 0 N–H and O–H groups in total. The zero-order valence-corrected chi connectivity index (χ0v) is 13.4. The van der Waals surface area contributed by atoms with Crippen LogP contribution in [0.1, 0.15) is 17.3 Å². The van der Waals surface area contributed by atoms with Crippen LogP contribution in [-0.4, -0.2) is 5.78 Å². The fraction of sp³-hybridized carbons (Fsp3) is 0.125. The summed E-state index contributed by atoms with van der Waals surface area (Å²) in [5, 5.41) is 0. The average Bonchev–Trinajstić information content (AvgIpc) is 1.90. The number of hydrogen-bond acceptors (Lipinski definition) is 1. The topological polar surface area (TPSA) is 17.1 Å². The molecule has 1 aromatic carbocycles. The number of benzene rings is 1. The van der Waals surface area contributed by atoms with Crippen LogP contribution >= 0.6 is 0 Å². The maximum atomic E-state index is 10.6. The van der Waals surface area contributed by atoms with Gasteiger partial charge in [0.25, 0.3) is 0 Å². The van der Waals surface area contributed by atoms with Gasteiger partial charge in [-0.25, -0.2) is 5.56 Å². The van der Waals surface area contributed by atoms with Crippen LogP contribution in [0.4, 0.5) is 0 Å². The van der Waals surface area contributed by atoms with E-state index in [1.165, 1.54) is 6.92 Å². The van der Waals surface area contributed by atoms with Gasteiger partial charge in [0.1, 0.15) is 0 Å². The number of rotatable bonds is 1. The van der Waals surface area contributed by atoms with Crippen LogP contribution in [0.3, 0.4) is 0 Å². The number of ketones is 1. The van der Waals surface area contributed by atoms with E-state index >= 15 is 0 Å². The fourth-order valence-electron chi connectivity index (χ4n) is 0.556. The smallest absolute Gasteiger partial charge is 0.366 e. The number of hydrogen-bond donors (Lipinski definition) is 0. The first kappa shape index (κ1) is 15.6. The number of carbonyl (C=O) groups excluding carboxylic acids is 1. The second kappa shape index (κ2) is 8.75. The van der Waals surface area contributed by atoms with Crippen molar-refractivity contribution < 1.29 is 108 Å². The van der Waals surface area contributed by atoms with Gasteiger partial charge < -0.3 is 4.79 Å². The van der Waals surface area contributed by atoms with E-state index in [9.17, 15) is 4.79 Å². The van der Waals surface area contributed by atoms with Crippen LogP contribution < -0.4 is 103 Å². The van der Waals surface area contributed by atoms with Gasteiger partial charge >= 0.3 is 103 Å². The maximum absolute atomic E-state index is 10.6. The van der Waals surface area contributed by atoms with E-state index in [2.05, 4.69) is 12.1 Å². The summed E-state index contributed by atoms with van der Waals surface area (Å²) in [6.45, 7) is 1.51. The molecular formula is C8H6K2O. The summed E-state index contributed by atoms with van der Waals surface area (Å²) in [6.07, 6.45) is 0. The number of Topliss-reactive ketones (excluding diaryl/α,β-unsaturated/α-hetero) is 1. The normalized spacial score (nSPS) is 7.36. The van der Waals surface area contributed by atoms with E-state index in [0.717, 1.165) is 0 Å². The van der Waals surface area contributed by atoms with Gasteiger partial charge in [-0.3, -0.25) is 30.3 Å². The Labute approximate surface area is 152 Å². The van der Waals surface area contributed by atoms with Crippen molar-refractivity contribution in [1.82, 2.24) is 0 Å². The summed E-state index contributed by atoms with van der Waals surface area (Å²) in [5.41, 5.74) is 0.595. The Balaban J connectivity index is 0. The molecule has 0 aliphatic carbocycles. The third-order valence-corrected chi connectivity index (χ3v) is 1.03. The second-order valence-corrected chi connectivity index (χ2v) is 1.76. The fourth-order valence-corrected chi connectivity index (χ4v) is 0.556. The summed E-state index contributed by atoms with van der Waals surface area (Å²) in [6, 6.07) is 10.6. The standard InChI is InChI=1S/C8H6O.2K/c1-7(9)8-5-3-2-4-6-8;;/h2-3,6H,1H3;;/q-2;2*+1. The molecule has 0 aliphatic rings. The van der Waals surface area contributed by atoms with Crippen LogP contribution in [0.25, 0.3) is 0 Å². The number of carbonyl (C=O) groups is 1. The van der Waals surface area contributed by atoms with Gasteiger partial charge in [-0.15, -0.1) is 0 Å². The van der Waals surface area contributed by atoms with Crippen molar-refractivity contribution in [3.05, 3.63) is 35.9 Å². The van der Waals surface area contributed by atoms with Crippen molar-refractivity contribution >= 4 is 5.78 Å². The minimum Gasteiger partial charge on any atom is -0.366 e. The third-order valence-electron chi connectivity index (χ3n) is 1.03. The molecule has 0 amide bonds. The molecule has 1 aromatic rings. The Bertz CT molecular complexity index is 209. The quantitative estimate of drug-likeness (QED) is 0.251. The van der Waals surface area contributed by atoms with Gasteiger partial charge in [-0.1, -0.05) is 0 Å². The molecule has 3 heteroatoms. The zero-order chi connectivity index (χ0) is 6.69. The van der Waals surface area contributed by atoms with E-state index in [4.69, 9.17) is 0 Å². The Hall–Kier alpha value is 2.16. The predicted molar refractivity (Wildman–Crippen MR) is 34.1 cm³/mol. The maximum Gasteiger partial charge on any atom is 1.00 e. The first-order chi connectivity index (χ1) is 4.30. The largest absolute Gasteiger partial charge is 1.00 e. The van der Waals surface area contributed by atoms with Crippen LogP contribution in [0.2, 0.25) is 0 Å². The van der Waals surface area contributed by atoms with E-state index in [0.29, 0.717) is 5.56 Å². The van der Waals surface area contributed by atoms with Crippen molar-refractivity contribution in [3.8, 4) is 0 Å². The van der Waals surface area contributed by atoms with Gasteiger partial charge in [0.05, 0.1) is 0 Å². The van der Waals surface area contributed by atoms with Gasteiger partial charge in [-0.2, -0.15) is 0 Å². The first-order valence-corrected chi connectivity index (χ1v) is 2.69. The summed E-state index contributed by atoms with van der Waals surface area (Å²) in [5.74, 6) is 0.0341. The van der Waals surface area contributed by atoms with E-state index in [1.54, 1.807) is 18.2 Å². The molecule has 0 aliphatic heterocycles. The van der Waals surface area contributed by atoms with Gasteiger partial charge in [0.15, 0.2) is 0 Å². The zero-order valence-electron chi connectivity index (χ0n) is 7.14.